The van der Waals surface area contributed by atoms with Gasteiger partial charge in [-0.2, -0.15) is 0 Å². The van der Waals surface area contributed by atoms with Gasteiger partial charge in [-0.1, -0.05) is 54.6 Å². The Hall–Kier alpha value is -2.94. The van der Waals surface area contributed by atoms with Crippen LogP contribution in [0.3, 0.4) is 0 Å². The first kappa shape index (κ1) is 15.6. The maximum atomic E-state index is 12.4. The number of benzene rings is 3. The molecule has 0 radical (unpaired) electrons. The first-order valence-corrected chi connectivity index (χ1v) is 8.46. The van der Waals surface area contributed by atoms with E-state index in [1.54, 1.807) is 0 Å². The fourth-order valence-corrected chi connectivity index (χ4v) is 3.63. The fraction of sp³-hybridized carbons (Fsp3) is 0.182. The average molecular weight is 330 g/mol. The Bertz CT molecular complexity index is 987. The van der Waals surface area contributed by atoms with Crippen molar-refractivity contribution in [2.45, 2.75) is 26.2 Å². The second kappa shape index (κ2) is 6.17. The molecule has 0 spiro atoms. The van der Waals surface area contributed by atoms with Gasteiger partial charge >= 0.3 is 5.97 Å². The van der Waals surface area contributed by atoms with Crippen molar-refractivity contribution in [2.75, 3.05) is 0 Å². The third kappa shape index (κ3) is 2.82. The molecule has 0 saturated heterocycles. The standard InChI is InChI=1S/C22H18O3/c1-14(23)25-22-20-16(12-15-6-3-2-4-7-15)8-5-9-17(20)13-18-10-11-19(24)21(18)22/h2-9,13H,10-12H2,1H3. The summed E-state index contributed by atoms with van der Waals surface area (Å²) in [4.78, 5) is 24.1. The quantitative estimate of drug-likeness (QED) is 0.525. The predicted molar refractivity (Wildman–Crippen MR) is 97.2 cm³/mol. The van der Waals surface area contributed by atoms with Crippen LogP contribution in [0.15, 0.2) is 54.6 Å². The van der Waals surface area contributed by atoms with E-state index in [0.717, 1.165) is 28.3 Å². The van der Waals surface area contributed by atoms with Crippen molar-refractivity contribution < 1.29 is 14.3 Å². The van der Waals surface area contributed by atoms with Crippen LogP contribution >= 0.6 is 0 Å². The lowest BCUT2D eigenvalue weighted by Gasteiger charge is -2.15. The fourth-order valence-electron chi connectivity index (χ4n) is 3.63. The Morgan fingerprint density at radius 1 is 1.04 bits per heavy atom. The number of aryl methyl sites for hydroxylation is 1. The average Bonchev–Trinajstić information content (AvgIpc) is 2.96. The lowest BCUT2D eigenvalue weighted by Crippen LogP contribution is -2.08. The summed E-state index contributed by atoms with van der Waals surface area (Å²) in [6.45, 7) is 1.38. The molecule has 0 heterocycles. The van der Waals surface area contributed by atoms with Crippen LogP contribution < -0.4 is 4.74 Å². The van der Waals surface area contributed by atoms with E-state index in [0.29, 0.717) is 24.2 Å². The molecule has 0 aliphatic heterocycles. The Kier molecular flexibility index (Phi) is 3.85. The number of esters is 1. The summed E-state index contributed by atoms with van der Waals surface area (Å²) in [6.07, 6.45) is 1.91. The summed E-state index contributed by atoms with van der Waals surface area (Å²) in [5.41, 5.74) is 3.80. The maximum absolute atomic E-state index is 12.4. The van der Waals surface area contributed by atoms with Gasteiger partial charge in [-0.25, -0.2) is 0 Å². The molecule has 3 aromatic rings. The Labute approximate surface area is 146 Å². The lowest BCUT2D eigenvalue weighted by molar-refractivity contribution is -0.131. The summed E-state index contributed by atoms with van der Waals surface area (Å²) >= 11 is 0. The van der Waals surface area contributed by atoms with Crippen LogP contribution in [0.25, 0.3) is 10.8 Å². The second-order valence-corrected chi connectivity index (χ2v) is 6.43. The molecule has 0 fully saturated rings. The second-order valence-electron chi connectivity index (χ2n) is 6.43. The molecule has 4 rings (SSSR count). The van der Waals surface area contributed by atoms with E-state index >= 15 is 0 Å². The normalized spacial score (nSPS) is 13.1. The van der Waals surface area contributed by atoms with Crippen molar-refractivity contribution in [1.29, 1.82) is 0 Å². The van der Waals surface area contributed by atoms with Gasteiger partial charge in [-0.15, -0.1) is 0 Å². The molecule has 0 N–H and O–H groups in total. The van der Waals surface area contributed by atoms with Gasteiger partial charge in [-0.3, -0.25) is 9.59 Å². The Balaban J connectivity index is 1.97. The highest BCUT2D eigenvalue weighted by Crippen LogP contribution is 2.40. The molecular formula is C22H18O3. The van der Waals surface area contributed by atoms with Gasteiger partial charge in [0.05, 0.1) is 5.56 Å². The summed E-state index contributed by atoms with van der Waals surface area (Å²) in [5, 5.41) is 1.88. The van der Waals surface area contributed by atoms with Crippen LogP contribution in [0.4, 0.5) is 0 Å². The number of carbonyl (C=O) groups excluding carboxylic acids is 2. The minimum atomic E-state index is -0.399. The van der Waals surface area contributed by atoms with E-state index in [-0.39, 0.29) is 5.78 Å². The molecule has 3 aromatic carbocycles. The van der Waals surface area contributed by atoms with Crippen LogP contribution in [-0.4, -0.2) is 11.8 Å². The first-order chi connectivity index (χ1) is 12.1. The zero-order valence-electron chi connectivity index (χ0n) is 14.0. The molecule has 0 bridgehead atoms. The molecule has 0 unspecified atom stereocenters. The Morgan fingerprint density at radius 3 is 2.60 bits per heavy atom. The van der Waals surface area contributed by atoms with E-state index in [1.807, 2.05) is 36.4 Å². The van der Waals surface area contributed by atoms with Crippen molar-refractivity contribution in [2.24, 2.45) is 0 Å². The Morgan fingerprint density at radius 2 is 1.84 bits per heavy atom. The van der Waals surface area contributed by atoms with Crippen LogP contribution in [0, 0.1) is 0 Å². The van der Waals surface area contributed by atoms with Crippen molar-refractivity contribution in [3.8, 4) is 5.75 Å². The van der Waals surface area contributed by atoms with E-state index in [1.165, 1.54) is 12.5 Å². The number of ether oxygens (including phenoxy) is 1. The molecule has 3 heteroatoms. The van der Waals surface area contributed by atoms with E-state index in [4.69, 9.17) is 4.74 Å². The van der Waals surface area contributed by atoms with Crippen molar-refractivity contribution in [1.82, 2.24) is 0 Å². The van der Waals surface area contributed by atoms with Crippen molar-refractivity contribution >= 4 is 22.5 Å². The number of carbonyl (C=O) groups is 2. The maximum Gasteiger partial charge on any atom is 0.308 e. The topological polar surface area (TPSA) is 43.4 Å². The number of rotatable bonds is 3. The third-order valence-electron chi connectivity index (χ3n) is 4.67. The molecular weight excluding hydrogens is 312 g/mol. The van der Waals surface area contributed by atoms with Gasteiger partial charge in [0, 0.05) is 18.7 Å². The summed E-state index contributed by atoms with van der Waals surface area (Å²) in [5.74, 6) is 0.0978. The van der Waals surface area contributed by atoms with Crippen LogP contribution in [0.1, 0.15) is 40.4 Å². The summed E-state index contributed by atoms with van der Waals surface area (Å²) in [6, 6.07) is 18.3. The van der Waals surface area contributed by atoms with Crippen molar-refractivity contribution in [3.05, 3.63) is 76.9 Å². The number of hydrogen-bond acceptors (Lipinski definition) is 3. The van der Waals surface area contributed by atoms with Gasteiger partial charge in [0.2, 0.25) is 0 Å². The molecule has 124 valence electrons. The monoisotopic (exact) mass is 330 g/mol. The van der Waals surface area contributed by atoms with Crippen LogP contribution in [0.2, 0.25) is 0 Å². The predicted octanol–water partition coefficient (Wildman–Crippen LogP) is 4.48. The molecule has 0 amide bonds. The highest BCUT2D eigenvalue weighted by Gasteiger charge is 2.28. The summed E-state index contributed by atoms with van der Waals surface area (Å²) in [7, 11) is 0. The third-order valence-corrected chi connectivity index (χ3v) is 4.67. The number of fused-ring (bicyclic) bond motifs is 2. The molecule has 1 aliphatic carbocycles. The van der Waals surface area contributed by atoms with E-state index < -0.39 is 5.97 Å². The summed E-state index contributed by atoms with van der Waals surface area (Å²) < 4.78 is 5.56. The minimum absolute atomic E-state index is 0.0580. The number of hydrogen-bond donors (Lipinski definition) is 0. The SMILES string of the molecule is CC(=O)Oc1c2c(cc3cccc(Cc4ccccc4)c13)CCC2=O. The zero-order chi connectivity index (χ0) is 17.4. The van der Waals surface area contributed by atoms with Gasteiger partial charge < -0.3 is 4.74 Å². The highest BCUT2D eigenvalue weighted by molar-refractivity contribution is 6.10. The highest BCUT2D eigenvalue weighted by atomic mass is 16.5. The van der Waals surface area contributed by atoms with Gasteiger partial charge in [0.1, 0.15) is 5.75 Å². The molecule has 0 saturated carbocycles. The molecule has 1 aliphatic rings. The number of Topliss-reactive ketones (excluding diaryl/α,β-unsaturated/α-hetero) is 1. The molecule has 3 nitrogen and oxygen atoms in total. The van der Waals surface area contributed by atoms with Crippen LogP contribution in [-0.2, 0) is 17.6 Å². The van der Waals surface area contributed by atoms with Gasteiger partial charge in [0.15, 0.2) is 5.78 Å². The first-order valence-electron chi connectivity index (χ1n) is 8.46. The number of ketones is 1. The van der Waals surface area contributed by atoms with E-state index in [2.05, 4.69) is 18.2 Å². The van der Waals surface area contributed by atoms with Crippen molar-refractivity contribution in [3.63, 3.8) is 0 Å². The lowest BCUT2D eigenvalue weighted by atomic mass is 9.94. The smallest absolute Gasteiger partial charge is 0.308 e. The van der Waals surface area contributed by atoms with Crippen LogP contribution in [0.5, 0.6) is 5.75 Å². The molecule has 25 heavy (non-hydrogen) atoms. The largest absolute Gasteiger partial charge is 0.425 e. The minimum Gasteiger partial charge on any atom is -0.425 e. The van der Waals surface area contributed by atoms with Gasteiger partial charge in [0.25, 0.3) is 0 Å². The molecule has 0 aromatic heterocycles. The zero-order valence-corrected chi connectivity index (χ0v) is 14.0. The van der Waals surface area contributed by atoms with Gasteiger partial charge in [-0.05, 0) is 34.9 Å². The van der Waals surface area contributed by atoms with E-state index in [9.17, 15) is 9.59 Å². The molecule has 0 atom stereocenters.